The molecule has 0 unspecified atom stereocenters. The molecule has 1 saturated carbocycles. The molecule has 1 N–H and O–H groups in total. The zero-order chi connectivity index (χ0) is 13.0. The third-order valence-electron chi connectivity index (χ3n) is 3.86. The van der Waals surface area contributed by atoms with Crippen LogP contribution in [0.2, 0.25) is 0 Å². The Morgan fingerprint density at radius 1 is 1.11 bits per heavy atom. The predicted octanol–water partition coefficient (Wildman–Crippen LogP) is 1.05. The molecule has 1 heterocycles. The summed E-state index contributed by atoms with van der Waals surface area (Å²) in [7, 11) is 0. The molecule has 1 aliphatic carbocycles. The van der Waals surface area contributed by atoms with Crippen molar-refractivity contribution in [1.29, 1.82) is 0 Å². The summed E-state index contributed by atoms with van der Waals surface area (Å²) in [5.41, 5.74) is 0. The molecule has 5 nitrogen and oxygen atoms in total. The van der Waals surface area contributed by atoms with Gasteiger partial charge in [-0.15, -0.1) is 0 Å². The average Bonchev–Trinajstić information content (AvgIpc) is 2.34. The molecular formula is C13H23N3O2. The van der Waals surface area contributed by atoms with Gasteiger partial charge in [-0.1, -0.05) is 13.3 Å². The highest BCUT2D eigenvalue weighted by Crippen LogP contribution is 2.28. The minimum atomic E-state index is 0.00703. The SMILES string of the molecule is CCCNC(=O)N1CCN(C(=O)C2CCC2)CC1. The number of piperazine rings is 1. The van der Waals surface area contributed by atoms with E-state index in [1.165, 1.54) is 6.42 Å². The lowest BCUT2D eigenvalue weighted by atomic mass is 9.84. The van der Waals surface area contributed by atoms with Gasteiger partial charge in [-0.2, -0.15) is 0 Å². The first kappa shape index (κ1) is 13.2. The minimum Gasteiger partial charge on any atom is -0.339 e. The van der Waals surface area contributed by atoms with Crippen molar-refractivity contribution in [3.05, 3.63) is 0 Å². The maximum absolute atomic E-state index is 12.0. The molecule has 0 radical (unpaired) electrons. The van der Waals surface area contributed by atoms with Crippen LogP contribution in [0.15, 0.2) is 0 Å². The van der Waals surface area contributed by atoms with Crippen LogP contribution in [0, 0.1) is 5.92 Å². The first-order chi connectivity index (χ1) is 8.72. The van der Waals surface area contributed by atoms with Crippen LogP contribution in [-0.2, 0) is 4.79 Å². The van der Waals surface area contributed by atoms with Gasteiger partial charge in [-0.3, -0.25) is 4.79 Å². The Hall–Kier alpha value is -1.26. The third kappa shape index (κ3) is 2.94. The number of urea groups is 1. The Kier molecular flexibility index (Phi) is 4.44. The van der Waals surface area contributed by atoms with Crippen molar-refractivity contribution < 1.29 is 9.59 Å². The van der Waals surface area contributed by atoms with E-state index in [1.54, 1.807) is 4.90 Å². The molecule has 0 spiro atoms. The molecule has 2 fully saturated rings. The van der Waals surface area contributed by atoms with Crippen LogP contribution >= 0.6 is 0 Å². The van der Waals surface area contributed by atoms with E-state index in [4.69, 9.17) is 0 Å². The van der Waals surface area contributed by atoms with E-state index in [-0.39, 0.29) is 11.9 Å². The number of hydrogen-bond acceptors (Lipinski definition) is 2. The van der Waals surface area contributed by atoms with Crippen molar-refractivity contribution in [2.45, 2.75) is 32.6 Å². The average molecular weight is 253 g/mol. The van der Waals surface area contributed by atoms with Gasteiger partial charge in [-0.05, 0) is 19.3 Å². The van der Waals surface area contributed by atoms with E-state index in [0.29, 0.717) is 32.1 Å². The van der Waals surface area contributed by atoms with Crippen molar-refractivity contribution in [2.24, 2.45) is 5.92 Å². The van der Waals surface area contributed by atoms with Gasteiger partial charge in [0, 0.05) is 38.6 Å². The topological polar surface area (TPSA) is 52.7 Å². The zero-order valence-electron chi connectivity index (χ0n) is 11.2. The van der Waals surface area contributed by atoms with E-state index in [1.807, 2.05) is 11.8 Å². The molecule has 1 aliphatic heterocycles. The van der Waals surface area contributed by atoms with Crippen molar-refractivity contribution in [2.75, 3.05) is 32.7 Å². The summed E-state index contributed by atoms with van der Waals surface area (Å²) < 4.78 is 0. The fourth-order valence-electron chi connectivity index (χ4n) is 2.39. The lowest BCUT2D eigenvalue weighted by Gasteiger charge is -2.38. The smallest absolute Gasteiger partial charge is 0.317 e. The molecule has 18 heavy (non-hydrogen) atoms. The van der Waals surface area contributed by atoms with Gasteiger partial charge in [0.1, 0.15) is 0 Å². The number of nitrogens with one attached hydrogen (secondary N) is 1. The van der Waals surface area contributed by atoms with Crippen LogP contribution in [0.25, 0.3) is 0 Å². The summed E-state index contributed by atoms with van der Waals surface area (Å²) in [5, 5.41) is 2.87. The molecular weight excluding hydrogens is 230 g/mol. The zero-order valence-corrected chi connectivity index (χ0v) is 11.2. The molecule has 0 aromatic carbocycles. The van der Waals surface area contributed by atoms with Crippen molar-refractivity contribution in [1.82, 2.24) is 15.1 Å². The van der Waals surface area contributed by atoms with Crippen LogP contribution in [0.4, 0.5) is 4.79 Å². The van der Waals surface area contributed by atoms with Gasteiger partial charge in [0.15, 0.2) is 0 Å². The quantitative estimate of drug-likeness (QED) is 0.817. The van der Waals surface area contributed by atoms with E-state index in [2.05, 4.69) is 5.32 Å². The highest BCUT2D eigenvalue weighted by molar-refractivity contribution is 5.80. The lowest BCUT2D eigenvalue weighted by Crippen LogP contribution is -2.54. The number of carbonyl (C=O) groups is 2. The van der Waals surface area contributed by atoms with Gasteiger partial charge in [0.2, 0.25) is 5.91 Å². The minimum absolute atomic E-state index is 0.00703. The molecule has 1 saturated heterocycles. The van der Waals surface area contributed by atoms with Crippen LogP contribution in [-0.4, -0.2) is 54.5 Å². The standard InChI is InChI=1S/C13H23N3O2/c1-2-6-14-13(18)16-9-7-15(8-10-16)12(17)11-4-3-5-11/h11H,2-10H2,1H3,(H,14,18). The second kappa shape index (κ2) is 6.07. The van der Waals surface area contributed by atoms with E-state index >= 15 is 0 Å². The number of hydrogen-bond donors (Lipinski definition) is 1. The summed E-state index contributed by atoms with van der Waals surface area (Å²) >= 11 is 0. The normalized spacial score (nSPS) is 20.5. The molecule has 0 aromatic heterocycles. The first-order valence-electron chi connectivity index (χ1n) is 7.04. The van der Waals surface area contributed by atoms with Gasteiger partial charge in [-0.25, -0.2) is 4.79 Å². The van der Waals surface area contributed by atoms with E-state index < -0.39 is 0 Å². The monoisotopic (exact) mass is 253 g/mol. The molecule has 0 aromatic rings. The Morgan fingerprint density at radius 2 is 1.72 bits per heavy atom. The maximum Gasteiger partial charge on any atom is 0.317 e. The van der Waals surface area contributed by atoms with Crippen LogP contribution in [0.5, 0.6) is 0 Å². The van der Waals surface area contributed by atoms with Gasteiger partial charge < -0.3 is 15.1 Å². The summed E-state index contributed by atoms with van der Waals surface area (Å²) in [5.74, 6) is 0.570. The Bertz CT molecular complexity index is 307. The fourth-order valence-corrected chi connectivity index (χ4v) is 2.39. The van der Waals surface area contributed by atoms with Crippen LogP contribution in [0.1, 0.15) is 32.6 Å². The number of nitrogens with zero attached hydrogens (tertiary/aromatic N) is 2. The Morgan fingerprint density at radius 3 is 2.22 bits per heavy atom. The predicted molar refractivity (Wildman–Crippen MR) is 69.2 cm³/mol. The molecule has 2 rings (SSSR count). The van der Waals surface area contributed by atoms with Crippen molar-refractivity contribution in [3.63, 3.8) is 0 Å². The van der Waals surface area contributed by atoms with Crippen molar-refractivity contribution in [3.8, 4) is 0 Å². The highest BCUT2D eigenvalue weighted by Gasteiger charge is 2.31. The summed E-state index contributed by atoms with van der Waals surface area (Å²) in [6, 6.07) is 0.00703. The highest BCUT2D eigenvalue weighted by atomic mass is 16.2. The van der Waals surface area contributed by atoms with E-state index in [0.717, 1.165) is 25.8 Å². The number of rotatable bonds is 3. The number of carbonyl (C=O) groups excluding carboxylic acids is 2. The number of amides is 3. The molecule has 0 bridgehead atoms. The first-order valence-corrected chi connectivity index (χ1v) is 7.04. The summed E-state index contributed by atoms with van der Waals surface area (Å²) in [4.78, 5) is 27.5. The van der Waals surface area contributed by atoms with Crippen LogP contribution < -0.4 is 5.32 Å². The van der Waals surface area contributed by atoms with Gasteiger partial charge in [0.25, 0.3) is 0 Å². The molecule has 5 heteroatoms. The van der Waals surface area contributed by atoms with Gasteiger partial charge in [0.05, 0.1) is 0 Å². The second-order valence-electron chi connectivity index (χ2n) is 5.17. The molecule has 0 atom stereocenters. The Balaban J connectivity index is 1.73. The van der Waals surface area contributed by atoms with E-state index in [9.17, 15) is 9.59 Å². The maximum atomic E-state index is 12.0. The molecule has 2 aliphatic rings. The summed E-state index contributed by atoms with van der Waals surface area (Å²) in [6.07, 6.45) is 4.24. The molecule has 3 amide bonds. The third-order valence-corrected chi connectivity index (χ3v) is 3.86. The molecule has 102 valence electrons. The lowest BCUT2D eigenvalue weighted by molar-refractivity contribution is -0.139. The summed E-state index contributed by atoms with van der Waals surface area (Å²) in [6.45, 7) is 5.46. The fraction of sp³-hybridized carbons (Fsp3) is 0.846. The largest absolute Gasteiger partial charge is 0.339 e. The van der Waals surface area contributed by atoms with Crippen LogP contribution in [0.3, 0.4) is 0 Å². The second-order valence-corrected chi connectivity index (χ2v) is 5.17. The van der Waals surface area contributed by atoms with Crippen molar-refractivity contribution >= 4 is 11.9 Å². The Labute approximate surface area is 108 Å². The van der Waals surface area contributed by atoms with Gasteiger partial charge >= 0.3 is 6.03 Å².